The Morgan fingerprint density at radius 3 is 2.39 bits per heavy atom. The Bertz CT molecular complexity index is 871. The number of fused-ring (bicyclic) bond motifs is 1. The van der Waals surface area contributed by atoms with Crippen LogP contribution in [0.3, 0.4) is 0 Å². The molecule has 1 aromatic rings. The molecule has 1 saturated carbocycles. The number of ether oxygens (including phenoxy) is 3. The van der Waals surface area contributed by atoms with Gasteiger partial charge in [0.1, 0.15) is 17.5 Å². The highest BCUT2D eigenvalue weighted by atomic mass is 32.2. The van der Waals surface area contributed by atoms with Crippen LogP contribution in [0, 0.1) is 5.92 Å². The lowest BCUT2D eigenvalue weighted by atomic mass is 9.75. The number of methoxy groups -OCH3 is 2. The fourth-order valence-electron chi connectivity index (χ4n) is 4.26. The average Bonchev–Trinajstić information content (AvgIpc) is 2.76. The topological polar surface area (TPSA) is 82.1 Å². The molecule has 1 aliphatic carbocycles. The number of carbonyl (C=O) groups excluding carboxylic acids is 3. The van der Waals surface area contributed by atoms with E-state index in [4.69, 9.17) is 26.4 Å². The molecule has 1 atom stereocenters. The molecule has 0 unspecified atom stereocenters. The summed E-state index contributed by atoms with van der Waals surface area (Å²) in [6.07, 6.45) is 1.85. The van der Waals surface area contributed by atoms with Crippen molar-refractivity contribution >= 4 is 45.8 Å². The van der Waals surface area contributed by atoms with Gasteiger partial charge < -0.3 is 19.1 Å². The fourth-order valence-corrected chi connectivity index (χ4v) is 5.16. The molecular weight excluding hydrogens is 438 g/mol. The lowest BCUT2D eigenvalue weighted by molar-refractivity contribution is -0.142. The van der Waals surface area contributed by atoms with Crippen LogP contribution in [0.5, 0.6) is 11.5 Å². The highest BCUT2D eigenvalue weighted by Gasteiger charge is 2.44. The summed E-state index contributed by atoms with van der Waals surface area (Å²) in [5, 5.41) is 0. The van der Waals surface area contributed by atoms with Gasteiger partial charge in [-0.05, 0) is 55.2 Å². The minimum absolute atomic E-state index is 0.0903. The van der Waals surface area contributed by atoms with Crippen LogP contribution in [0.1, 0.15) is 43.4 Å². The summed E-state index contributed by atoms with van der Waals surface area (Å²) in [6.45, 7) is 2.67. The smallest absolute Gasteiger partial charge is 0.233 e. The number of amides is 1. The summed E-state index contributed by atoms with van der Waals surface area (Å²) in [5.41, 5.74) is 1.72. The number of nitrogens with zero attached hydrogens (tertiary/aromatic N) is 1. The monoisotopic (exact) mass is 465 g/mol. The summed E-state index contributed by atoms with van der Waals surface area (Å²) in [6, 6.07) is 3.02. The molecule has 1 heterocycles. The first-order chi connectivity index (χ1) is 14.9. The Morgan fingerprint density at radius 1 is 1.13 bits per heavy atom. The molecule has 0 spiro atoms. The maximum absolute atomic E-state index is 13.2. The van der Waals surface area contributed by atoms with Crippen molar-refractivity contribution in [2.45, 2.75) is 38.6 Å². The molecule has 1 aliphatic heterocycles. The van der Waals surface area contributed by atoms with E-state index >= 15 is 0 Å². The van der Waals surface area contributed by atoms with Gasteiger partial charge in [-0.1, -0.05) is 11.8 Å². The molecule has 168 valence electrons. The number of rotatable bonds is 6. The second-order valence-electron chi connectivity index (χ2n) is 7.42. The van der Waals surface area contributed by atoms with Crippen molar-refractivity contribution in [3.05, 3.63) is 23.3 Å². The molecule has 2 aliphatic rings. The summed E-state index contributed by atoms with van der Waals surface area (Å²) >= 11 is 6.27. The van der Waals surface area contributed by atoms with Crippen LogP contribution in [-0.2, 0) is 25.5 Å². The van der Waals surface area contributed by atoms with E-state index in [1.807, 2.05) is 13.0 Å². The van der Waals surface area contributed by atoms with E-state index in [0.717, 1.165) is 22.9 Å². The first-order valence-corrected chi connectivity index (χ1v) is 11.7. The van der Waals surface area contributed by atoms with Crippen molar-refractivity contribution in [2.24, 2.45) is 5.92 Å². The van der Waals surface area contributed by atoms with Crippen LogP contribution in [0.25, 0.3) is 0 Å². The Kier molecular flexibility index (Phi) is 7.94. The Balaban J connectivity index is 1.99. The largest absolute Gasteiger partial charge is 0.493 e. The molecule has 7 nitrogen and oxygen atoms in total. The molecule has 0 bridgehead atoms. The zero-order valence-electron chi connectivity index (χ0n) is 18.0. The summed E-state index contributed by atoms with van der Waals surface area (Å²) in [4.78, 5) is 40.5. The van der Waals surface area contributed by atoms with Crippen LogP contribution in [-0.4, -0.2) is 59.9 Å². The second-order valence-corrected chi connectivity index (χ2v) is 9.00. The minimum atomic E-state index is -0.862. The number of ketones is 2. The highest BCUT2D eigenvalue weighted by molar-refractivity contribution is 8.23. The number of hydrogen-bond donors (Lipinski definition) is 0. The molecule has 0 saturated heterocycles. The fraction of sp³-hybridized carbons (Fsp3) is 0.545. The molecule has 3 rings (SSSR count). The average molecular weight is 466 g/mol. The lowest BCUT2D eigenvalue weighted by Crippen LogP contribution is -2.49. The Morgan fingerprint density at radius 2 is 1.77 bits per heavy atom. The van der Waals surface area contributed by atoms with Gasteiger partial charge in [-0.2, -0.15) is 0 Å². The molecule has 31 heavy (non-hydrogen) atoms. The molecule has 1 amide bonds. The van der Waals surface area contributed by atoms with Crippen molar-refractivity contribution in [1.82, 2.24) is 4.90 Å². The van der Waals surface area contributed by atoms with E-state index in [9.17, 15) is 14.4 Å². The number of thiocarbonyl (C=S) groups is 1. The maximum atomic E-state index is 13.2. The Labute approximate surface area is 191 Å². The van der Waals surface area contributed by atoms with Crippen molar-refractivity contribution < 1.29 is 28.6 Å². The summed E-state index contributed by atoms with van der Waals surface area (Å²) < 4.78 is 16.4. The van der Waals surface area contributed by atoms with E-state index in [-0.39, 0.29) is 23.2 Å². The van der Waals surface area contributed by atoms with E-state index in [0.29, 0.717) is 54.7 Å². The van der Waals surface area contributed by atoms with E-state index < -0.39 is 12.0 Å². The molecule has 0 N–H and O–H groups in total. The predicted molar refractivity (Wildman–Crippen MR) is 122 cm³/mol. The van der Waals surface area contributed by atoms with Gasteiger partial charge in [0, 0.05) is 19.4 Å². The van der Waals surface area contributed by atoms with Gasteiger partial charge in [0.2, 0.25) is 10.3 Å². The number of benzene rings is 1. The SMILES string of the molecule is CCOC(=S)SCC(=O)N1CCc2cc(OC)c(OC)cc2[C@H]1C1C(=O)CCCC1=O. The number of Topliss-reactive ketones (excluding diaryl/α,β-unsaturated/α-hetero) is 2. The standard InChI is InChI=1S/C22H27NO6S2/c1-4-29-22(30)31-12-19(26)23-9-8-13-10-17(27-2)18(28-3)11-14(13)21(23)20-15(24)6-5-7-16(20)25/h10-11,20-21H,4-9,12H2,1-3H3/t21-/m0/s1. The number of thioether (sulfide) groups is 1. The third-order valence-corrected chi connectivity index (χ3v) is 6.89. The van der Waals surface area contributed by atoms with Crippen LogP contribution in [0.2, 0.25) is 0 Å². The van der Waals surface area contributed by atoms with Crippen LogP contribution >= 0.6 is 24.0 Å². The van der Waals surface area contributed by atoms with Gasteiger partial charge in [-0.3, -0.25) is 14.4 Å². The summed E-state index contributed by atoms with van der Waals surface area (Å²) in [7, 11) is 3.10. The molecule has 1 aromatic carbocycles. The van der Waals surface area contributed by atoms with E-state index in [1.165, 1.54) is 7.11 Å². The Hall–Kier alpha value is -2.13. The molecular formula is C22H27NO6S2. The van der Waals surface area contributed by atoms with Gasteiger partial charge in [-0.15, -0.1) is 0 Å². The molecule has 1 fully saturated rings. The van der Waals surface area contributed by atoms with Crippen molar-refractivity contribution in [3.8, 4) is 11.5 Å². The van der Waals surface area contributed by atoms with Crippen LogP contribution in [0.4, 0.5) is 0 Å². The van der Waals surface area contributed by atoms with Crippen molar-refractivity contribution in [2.75, 3.05) is 33.1 Å². The lowest BCUT2D eigenvalue weighted by Gasteiger charge is -2.42. The minimum Gasteiger partial charge on any atom is -0.493 e. The third-order valence-electron chi connectivity index (χ3n) is 5.67. The van der Waals surface area contributed by atoms with Gasteiger partial charge in [0.15, 0.2) is 11.5 Å². The maximum Gasteiger partial charge on any atom is 0.233 e. The molecule has 9 heteroatoms. The predicted octanol–water partition coefficient (Wildman–Crippen LogP) is 3.12. The molecule has 0 aromatic heterocycles. The zero-order chi connectivity index (χ0) is 22.5. The number of hydrogen-bond acceptors (Lipinski definition) is 8. The second kappa shape index (κ2) is 10.5. The molecule has 0 radical (unpaired) electrons. The first-order valence-electron chi connectivity index (χ1n) is 10.3. The zero-order valence-corrected chi connectivity index (χ0v) is 19.6. The number of carbonyl (C=O) groups is 3. The first kappa shape index (κ1) is 23.5. The third kappa shape index (κ3) is 5.03. The van der Waals surface area contributed by atoms with Gasteiger partial charge in [0.25, 0.3) is 0 Å². The highest BCUT2D eigenvalue weighted by Crippen LogP contribution is 2.43. The van der Waals surface area contributed by atoms with Crippen molar-refractivity contribution in [3.63, 3.8) is 0 Å². The summed E-state index contributed by atoms with van der Waals surface area (Å²) in [5.74, 6) is -0.0879. The normalized spacial score (nSPS) is 19.1. The van der Waals surface area contributed by atoms with E-state index in [1.54, 1.807) is 18.1 Å². The van der Waals surface area contributed by atoms with Crippen LogP contribution in [0.15, 0.2) is 12.1 Å². The van der Waals surface area contributed by atoms with Gasteiger partial charge in [0.05, 0.1) is 32.6 Å². The van der Waals surface area contributed by atoms with Gasteiger partial charge in [-0.25, -0.2) is 0 Å². The van der Waals surface area contributed by atoms with Crippen molar-refractivity contribution in [1.29, 1.82) is 0 Å². The van der Waals surface area contributed by atoms with Gasteiger partial charge >= 0.3 is 0 Å². The van der Waals surface area contributed by atoms with E-state index in [2.05, 4.69) is 0 Å². The quantitative estimate of drug-likeness (QED) is 0.468. The van der Waals surface area contributed by atoms with Crippen LogP contribution < -0.4 is 9.47 Å².